The first kappa shape index (κ1) is 13.8. The first-order chi connectivity index (χ1) is 9.42. The average molecular weight is 266 g/mol. The van der Waals surface area contributed by atoms with Crippen LogP contribution in [0.4, 0.5) is 0 Å². The Morgan fingerprint density at radius 3 is 2.47 bits per heavy atom. The van der Waals surface area contributed by atoms with Crippen LogP contribution in [0.15, 0.2) is 0 Å². The third kappa shape index (κ3) is 3.93. The molecule has 2 atom stereocenters. The van der Waals surface area contributed by atoms with Gasteiger partial charge in [-0.05, 0) is 64.6 Å². The molecule has 0 spiro atoms. The largest absolute Gasteiger partial charge is 0.377 e. The van der Waals surface area contributed by atoms with E-state index >= 15 is 0 Å². The molecule has 3 aliphatic rings. The summed E-state index contributed by atoms with van der Waals surface area (Å²) in [6, 6.07) is 0.809. The van der Waals surface area contributed by atoms with E-state index in [0.29, 0.717) is 6.10 Å². The maximum absolute atomic E-state index is 5.92. The summed E-state index contributed by atoms with van der Waals surface area (Å²) in [5.74, 6) is 0. The highest BCUT2D eigenvalue weighted by atomic mass is 16.5. The van der Waals surface area contributed by atoms with Gasteiger partial charge in [-0.3, -0.25) is 4.90 Å². The summed E-state index contributed by atoms with van der Waals surface area (Å²) >= 11 is 0. The number of rotatable bonds is 4. The summed E-state index contributed by atoms with van der Waals surface area (Å²) in [6.07, 6.45) is 11.5. The van der Waals surface area contributed by atoms with Gasteiger partial charge in [0.1, 0.15) is 0 Å². The van der Waals surface area contributed by atoms with E-state index in [1.807, 2.05) is 0 Å². The lowest BCUT2D eigenvalue weighted by Gasteiger charge is -2.35. The molecule has 0 bridgehead atoms. The fraction of sp³-hybridized carbons (Fsp3) is 1.00. The van der Waals surface area contributed by atoms with Gasteiger partial charge < -0.3 is 9.64 Å². The van der Waals surface area contributed by atoms with E-state index in [0.717, 1.165) is 12.6 Å². The van der Waals surface area contributed by atoms with Crippen molar-refractivity contribution in [1.82, 2.24) is 9.80 Å². The Kier molecular flexibility index (Phi) is 5.14. The fourth-order valence-electron chi connectivity index (χ4n) is 4.00. The van der Waals surface area contributed by atoms with Gasteiger partial charge in [0, 0.05) is 25.7 Å². The van der Waals surface area contributed by atoms with Crippen LogP contribution in [-0.4, -0.2) is 61.3 Å². The van der Waals surface area contributed by atoms with Crippen LogP contribution in [0, 0.1) is 0 Å². The Morgan fingerprint density at radius 2 is 1.68 bits per heavy atom. The molecule has 110 valence electrons. The van der Waals surface area contributed by atoms with Crippen molar-refractivity contribution in [3.8, 4) is 0 Å². The van der Waals surface area contributed by atoms with Crippen LogP contribution in [-0.2, 0) is 4.74 Å². The molecule has 0 saturated carbocycles. The zero-order valence-corrected chi connectivity index (χ0v) is 12.4. The number of hydrogen-bond donors (Lipinski definition) is 0. The Morgan fingerprint density at radius 1 is 0.789 bits per heavy atom. The van der Waals surface area contributed by atoms with Gasteiger partial charge in [-0.2, -0.15) is 0 Å². The van der Waals surface area contributed by atoms with Crippen molar-refractivity contribution in [2.75, 3.05) is 39.3 Å². The Hall–Kier alpha value is -0.120. The zero-order valence-electron chi connectivity index (χ0n) is 12.4. The van der Waals surface area contributed by atoms with Gasteiger partial charge in [0.25, 0.3) is 0 Å². The van der Waals surface area contributed by atoms with Crippen molar-refractivity contribution < 1.29 is 4.74 Å². The van der Waals surface area contributed by atoms with Gasteiger partial charge in [-0.1, -0.05) is 6.42 Å². The number of ether oxygens (including phenoxy) is 1. The van der Waals surface area contributed by atoms with Gasteiger partial charge in [0.05, 0.1) is 6.10 Å². The molecule has 0 aromatic carbocycles. The smallest absolute Gasteiger partial charge is 0.0702 e. The van der Waals surface area contributed by atoms with Crippen LogP contribution in [0.5, 0.6) is 0 Å². The molecule has 0 aromatic heterocycles. The highest BCUT2D eigenvalue weighted by Gasteiger charge is 2.29. The third-order valence-corrected chi connectivity index (χ3v) is 5.13. The second-order valence-corrected chi connectivity index (χ2v) is 6.64. The van der Waals surface area contributed by atoms with Crippen LogP contribution in [0.2, 0.25) is 0 Å². The van der Waals surface area contributed by atoms with Crippen LogP contribution in [0.25, 0.3) is 0 Å². The summed E-state index contributed by atoms with van der Waals surface area (Å²) in [5.41, 5.74) is 0. The van der Waals surface area contributed by atoms with E-state index in [-0.39, 0.29) is 0 Å². The quantitative estimate of drug-likeness (QED) is 0.777. The maximum atomic E-state index is 5.92. The molecule has 3 heteroatoms. The molecular weight excluding hydrogens is 236 g/mol. The minimum atomic E-state index is 0.524. The predicted octanol–water partition coefficient (Wildman–Crippen LogP) is 2.51. The second kappa shape index (κ2) is 7.05. The lowest BCUT2D eigenvalue weighted by atomic mass is 10.1. The Balaban J connectivity index is 1.46. The Labute approximate surface area is 118 Å². The first-order valence-electron chi connectivity index (χ1n) is 8.50. The minimum absolute atomic E-state index is 0.524. The van der Waals surface area contributed by atoms with Gasteiger partial charge in [0.15, 0.2) is 0 Å². The second-order valence-electron chi connectivity index (χ2n) is 6.64. The third-order valence-electron chi connectivity index (χ3n) is 5.13. The molecule has 3 nitrogen and oxygen atoms in total. The van der Waals surface area contributed by atoms with Crippen molar-refractivity contribution in [2.45, 2.75) is 63.5 Å². The highest BCUT2D eigenvalue weighted by molar-refractivity contribution is 4.85. The molecule has 0 radical (unpaired) electrons. The van der Waals surface area contributed by atoms with Crippen LogP contribution < -0.4 is 0 Å². The fourth-order valence-corrected chi connectivity index (χ4v) is 4.00. The molecule has 0 aromatic rings. The lowest BCUT2D eigenvalue weighted by molar-refractivity contribution is -0.0105. The van der Waals surface area contributed by atoms with Crippen molar-refractivity contribution in [1.29, 1.82) is 0 Å². The van der Waals surface area contributed by atoms with Crippen LogP contribution in [0.1, 0.15) is 51.4 Å². The number of piperidine rings is 1. The molecule has 3 rings (SSSR count). The molecular formula is C16H30N2O. The summed E-state index contributed by atoms with van der Waals surface area (Å²) in [7, 11) is 0. The summed E-state index contributed by atoms with van der Waals surface area (Å²) < 4.78 is 5.92. The van der Waals surface area contributed by atoms with Gasteiger partial charge in [0.2, 0.25) is 0 Å². The molecule has 0 amide bonds. The average Bonchev–Trinajstić information content (AvgIpc) is 2.88. The molecule has 3 aliphatic heterocycles. The highest BCUT2D eigenvalue weighted by Crippen LogP contribution is 2.23. The zero-order chi connectivity index (χ0) is 12.9. The maximum Gasteiger partial charge on any atom is 0.0702 e. The molecule has 19 heavy (non-hydrogen) atoms. The topological polar surface area (TPSA) is 15.7 Å². The van der Waals surface area contributed by atoms with Crippen molar-refractivity contribution in [2.24, 2.45) is 0 Å². The Bertz CT molecular complexity index is 233. The van der Waals surface area contributed by atoms with Crippen LogP contribution in [0.3, 0.4) is 0 Å². The van der Waals surface area contributed by atoms with Gasteiger partial charge in [-0.15, -0.1) is 0 Å². The number of hydrogen-bond acceptors (Lipinski definition) is 3. The van der Waals surface area contributed by atoms with E-state index in [9.17, 15) is 0 Å². The van der Waals surface area contributed by atoms with E-state index in [1.54, 1.807) is 0 Å². The molecule has 0 aliphatic carbocycles. The van der Waals surface area contributed by atoms with Gasteiger partial charge >= 0.3 is 0 Å². The van der Waals surface area contributed by atoms with Crippen molar-refractivity contribution >= 4 is 0 Å². The normalized spacial score (nSPS) is 34.7. The summed E-state index contributed by atoms with van der Waals surface area (Å²) in [4.78, 5) is 5.43. The van der Waals surface area contributed by atoms with E-state index in [4.69, 9.17) is 4.74 Å². The lowest BCUT2D eigenvalue weighted by Crippen LogP contribution is -2.45. The summed E-state index contributed by atoms with van der Waals surface area (Å²) in [6.45, 7) is 7.48. The van der Waals surface area contributed by atoms with Crippen molar-refractivity contribution in [3.05, 3.63) is 0 Å². The molecule has 0 unspecified atom stereocenters. The molecule has 3 heterocycles. The van der Waals surface area contributed by atoms with Crippen molar-refractivity contribution in [3.63, 3.8) is 0 Å². The molecule has 0 N–H and O–H groups in total. The van der Waals surface area contributed by atoms with E-state index in [2.05, 4.69) is 9.80 Å². The SMILES string of the molecule is C1CCN(C[C@H]2CCCN2C[C@H]2CCCCO2)CC1. The van der Waals surface area contributed by atoms with Crippen LogP contribution >= 0.6 is 0 Å². The minimum Gasteiger partial charge on any atom is -0.377 e. The first-order valence-corrected chi connectivity index (χ1v) is 8.50. The predicted molar refractivity (Wildman–Crippen MR) is 78.5 cm³/mol. The standard InChI is InChI=1S/C16H30N2O/c1-3-9-17(10-4-1)13-15-7-6-11-18(15)14-16-8-2-5-12-19-16/h15-16H,1-14H2/t15-,16-/m1/s1. The number of likely N-dealkylation sites (tertiary alicyclic amines) is 2. The van der Waals surface area contributed by atoms with Gasteiger partial charge in [-0.25, -0.2) is 0 Å². The molecule has 3 saturated heterocycles. The van der Waals surface area contributed by atoms with E-state index in [1.165, 1.54) is 84.1 Å². The monoisotopic (exact) mass is 266 g/mol. The van der Waals surface area contributed by atoms with E-state index < -0.39 is 0 Å². The molecule has 3 fully saturated rings. The number of nitrogens with zero attached hydrogens (tertiary/aromatic N) is 2. The summed E-state index contributed by atoms with van der Waals surface area (Å²) in [5, 5.41) is 0.